The number of aromatic hydroxyl groups is 2. The van der Waals surface area contributed by atoms with Crippen molar-refractivity contribution in [3.05, 3.63) is 23.8 Å². The fraction of sp³-hybridized carbons (Fsp3) is 0.455. The summed E-state index contributed by atoms with van der Waals surface area (Å²) in [4.78, 5) is 0. The summed E-state index contributed by atoms with van der Waals surface area (Å²) in [6.07, 6.45) is 0. The van der Waals surface area contributed by atoms with Crippen LogP contribution in [0.5, 0.6) is 11.5 Å². The lowest BCUT2D eigenvalue weighted by atomic mass is 10.0. The van der Waals surface area contributed by atoms with Gasteiger partial charge in [-0.3, -0.25) is 0 Å². The number of hydrogen-bond donors (Lipinski definition) is 3. The summed E-state index contributed by atoms with van der Waals surface area (Å²) in [5, 5.41) is 19.0. The Balaban J connectivity index is 2.40. The summed E-state index contributed by atoms with van der Waals surface area (Å²) in [5.74, 6) is 0.0468. The minimum absolute atomic E-state index is 0.0191. The topological polar surface area (TPSA) is 66.5 Å². The quantitative estimate of drug-likeness (QED) is 0.593. The highest BCUT2D eigenvalue weighted by atomic mass is 16.3. The molecule has 76 valence electrons. The highest BCUT2D eigenvalue weighted by Crippen LogP contribution is 2.59. The lowest BCUT2D eigenvalue weighted by Crippen LogP contribution is -2.06. The van der Waals surface area contributed by atoms with E-state index >= 15 is 0 Å². The standard InChI is InChI=1S/C11H15NO2/c1-11(2)8(10(11)12)6-4-3-5-7(13)9(6)14/h3-5,8,10,13-14H,12H2,1-2H3/t8-,10-/m0/s1. The van der Waals surface area contributed by atoms with Gasteiger partial charge >= 0.3 is 0 Å². The van der Waals surface area contributed by atoms with E-state index in [0.717, 1.165) is 5.56 Å². The van der Waals surface area contributed by atoms with Gasteiger partial charge in [0.25, 0.3) is 0 Å². The number of rotatable bonds is 1. The number of phenols is 2. The van der Waals surface area contributed by atoms with Crippen LogP contribution < -0.4 is 5.73 Å². The molecule has 1 aliphatic rings. The second-order valence-corrected chi connectivity index (χ2v) is 4.54. The van der Waals surface area contributed by atoms with Crippen LogP contribution in [-0.4, -0.2) is 16.3 Å². The molecule has 0 unspecified atom stereocenters. The molecule has 0 saturated heterocycles. The molecule has 0 aromatic heterocycles. The highest BCUT2D eigenvalue weighted by Gasteiger charge is 2.57. The Bertz CT molecular complexity index is 374. The Morgan fingerprint density at radius 2 is 1.86 bits per heavy atom. The largest absolute Gasteiger partial charge is 0.504 e. The van der Waals surface area contributed by atoms with E-state index in [1.54, 1.807) is 6.07 Å². The number of hydrogen-bond acceptors (Lipinski definition) is 3. The zero-order chi connectivity index (χ0) is 10.5. The van der Waals surface area contributed by atoms with Crippen molar-refractivity contribution in [2.24, 2.45) is 11.1 Å². The van der Waals surface area contributed by atoms with Crippen LogP contribution in [0.2, 0.25) is 0 Å². The molecule has 0 spiro atoms. The Morgan fingerprint density at radius 3 is 2.36 bits per heavy atom. The van der Waals surface area contributed by atoms with Gasteiger partial charge in [-0.2, -0.15) is 0 Å². The highest BCUT2D eigenvalue weighted by molar-refractivity contribution is 5.50. The molecule has 0 radical (unpaired) electrons. The average molecular weight is 193 g/mol. The van der Waals surface area contributed by atoms with Gasteiger partial charge in [-0.05, 0) is 11.5 Å². The van der Waals surface area contributed by atoms with Crippen molar-refractivity contribution in [2.75, 3.05) is 0 Å². The minimum Gasteiger partial charge on any atom is -0.504 e. The van der Waals surface area contributed by atoms with Crippen molar-refractivity contribution in [1.29, 1.82) is 0 Å². The third-order valence-electron chi connectivity index (χ3n) is 3.29. The first kappa shape index (κ1) is 9.34. The maximum Gasteiger partial charge on any atom is 0.161 e. The smallest absolute Gasteiger partial charge is 0.161 e. The van der Waals surface area contributed by atoms with Crippen molar-refractivity contribution >= 4 is 0 Å². The number of benzene rings is 1. The molecule has 1 saturated carbocycles. The average Bonchev–Trinajstić information content (AvgIpc) is 2.59. The van der Waals surface area contributed by atoms with Crippen molar-refractivity contribution < 1.29 is 10.2 Å². The monoisotopic (exact) mass is 193 g/mol. The van der Waals surface area contributed by atoms with Gasteiger partial charge in [0.15, 0.2) is 11.5 Å². The Kier molecular flexibility index (Phi) is 1.76. The van der Waals surface area contributed by atoms with E-state index in [4.69, 9.17) is 5.73 Å². The van der Waals surface area contributed by atoms with E-state index in [0.29, 0.717) is 0 Å². The van der Waals surface area contributed by atoms with Gasteiger partial charge in [-0.25, -0.2) is 0 Å². The third-order valence-corrected chi connectivity index (χ3v) is 3.29. The van der Waals surface area contributed by atoms with Crippen LogP contribution in [0.15, 0.2) is 18.2 Å². The van der Waals surface area contributed by atoms with Crippen molar-refractivity contribution in [1.82, 2.24) is 0 Å². The van der Waals surface area contributed by atoms with E-state index in [2.05, 4.69) is 13.8 Å². The van der Waals surface area contributed by atoms with Gasteiger partial charge in [0.05, 0.1) is 0 Å². The molecule has 0 bridgehead atoms. The summed E-state index contributed by atoms with van der Waals surface area (Å²) in [7, 11) is 0. The van der Waals surface area contributed by atoms with Crippen LogP contribution >= 0.6 is 0 Å². The second-order valence-electron chi connectivity index (χ2n) is 4.54. The molecule has 2 rings (SSSR count). The Hall–Kier alpha value is -1.22. The summed E-state index contributed by atoms with van der Waals surface area (Å²) in [6.45, 7) is 4.12. The molecule has 0 aliphatic heterocycles. The SMILES string of the molecule is CC1(C)[C@@H](N)[C@@H]1c1cccc(O)c1O. The fourth-order valence-corrected chi connectivity index (χ4v) is 2.07. The van der Waals surface area contributed by atoms with Gasteiger partial charge < -0.3 is 15.9 Å². The van der Waals surface area contributed by atoms with Gasteiger partial charge in [-0.1, -0.05) is 26.0 Å². The maximum atomic E-state index is 9.65. The Labute approximate surface area is 83.2 Å². The molecule has 14 heavy (non-hydrogen) atoms. The minimum atomic E-state index is -0.0719. The molecule has 4 N–H and O–H groups in total. The molecular weight excluding hydrogens is 178 g/mol. The van der Waals surface area contributed by atoms with Crippen LogP contribution in [0.4, 0.5) is 0 Å². The first-order chi connectivity index (χ1) is 6.46. The normalized spacial score (nSPS) is 28.8. The third kappa shape index (κ3) is 1.09. The summed E-state index contributed by atoms with van der Waals surface area (Å²) in [6, 6.07) is 5.08. The van der Waals surface area contributed by atoms with Crippen LogP contribution in [-0.2, 0) is 0 Å². The molecule has 1 fully saturated rings. The molecule has 0 amide bonds. The Morgan fingerprint density at radius 1 is 1.29 bits per heavy atom. The predicted octanol–water partition coefficient (Wildman–Crippen LogP) is 1.55. The molecule has 2 atom stereocenters. The van der Waals surface area contributed by atoms with E-state index in [1.807, 2.05) is 6.07 Å². The lowest BCUT2D eigenvalue weighted by Gasteiger charge is -2.06. The van der Waals surface area contributed by atoms with E-state index in [-0.39, 0.29) is 28.9 Å². The van der Waals surface area contributed by atoms with Crippen LogP contribution in [0.3, 0.4) is 0 Å². The molecule has 1 aliphatic carbocycles. The zero-order valence-electron chi connectivity index (χ0n) is 8.36. The summed E-state index contributed by atoms with van der Waals surface area (Å²) in [5.41, 5.74) is 6.67. The number of phenolic OH excluding ortho intramolecular Hbond substituents is 2. The van der Waals surface area contributed by atoms with Gasteiger partial charge in [0.2, 0.25) is 0 Å². The predicted molar refractivity (Wildman–Crippen MR) is 54.3 cm³/mol. The molecule has 1 aromatic carbocycles. The van der Waals surface area contributed by atoms with Crippen LogP contribution in [0.25, 0.3) is 0 Å². The second kappa shape index (κ2) is 2.64. The van der Waals surface area contributed by atoms with Crippen molar-refractivity contribution in [2.45, 2.75) is 25.8 Å². The maximum absolute atomic E-state index is 9.65. The van der Waals surface area contributed by atoms with Crippen molar-refractivity contribution in [3.8, 4) is 11.5 Å². The molecule has 0 heterocycles. The zero-order valence-corrected chi connectivity index (χ0v) is 8.36. The van der Waals surface area contributed by atoms with Crippen LogP contribution in [0, 0.1) is 5.41 Å². The fourth-order valence-electron chi connectivity index (χ4n) is 2.07. The van der Waals surface area contributed by atoms with Crippen molar-refractivity contribution in [3.63, 3.8) is 0 Å². The molecule has 3 heteroatoms. The van der Waals surface area contributed by atoms with E-state index in [9.17, 15) is 10.2 Å². The summed E-state index contributed by atoms with van der Waals surface area (Å²) >= 11 is 0. The lowest BCUT2D eigenvalue weighted by molar-refractivity contribution is 0.398. The van der Waals surface area contributed by atoms with E-state index in [1.165, 1.54) is 6.07 Å². The molecular formula is C11H15NO2. The van der Waals surface area contributed by atoms with Crippen LogP contribution in [0.1, 0.15) is 25.3 Å². The van der Waals surface area contributed by atoms with Gasteiger partial charge in [-0.15, -0.1) is 0 Å². The first-order valence-electron chi connectivity index (χ1n) is 4.72. The number of nitrogens with two attached hydrogens (primary N) is 1. The van der Waals surface area contributed by atoms with Gasteiger partial charge in [0.1, 0.15) is 0 Å². The molecule has 3 nitrogen and oxygen atoms in total. The first-order valence-corrected chi connectivity index (χ1v) is 4.72. The number of para-hydroxylation sites is 1. The molecule has 1 aromatic rings. The summed E-state index contributed by atoms with van der Waals surface area (Å²) < 4.78 is 0. The van der Waals surface area contributed by atoms with Gasteiger partial charge in [0, 0.05) is 17.5 Å². The van der Waals surface area contributed by atoms with E-state index < -0.39 is 0 Å².